The minimum Gasteiger partial charge on any atom is -0.336 e. The van der Waals surface area contributed by atoms with Gasteiger partial charge < -0.3 is 16.0 Å². The molecule has 5 nitrogen and oxygen atoms in total. The zero-order valence-corrected chi connectivity index (χ0v) is 17.9. The van der Waals surface area contributed by atoms with E-state index in [1.807, 2.05) is 48.2 Å². The number of anilines is 1. The topological polar surface area (TPSA) is 75.4 Å². The summed E-state index contributed by atoms with van der Waals surface area (Å²) < 4.78 is 0. The Labute approximate surface area is 179 Å². The Balaban J connectivity index is 0.00000300. The molecule has 0 bridgehead atoms. The Kier molecular flexibility index (Phi) is 8.23. The second kappa shape index (κ2) is 10.4. The van der Waals surface area contributed by atoms with Gasteiger partial charge in [0.25, 0.3) is 5.91 Å². The first-order chi connectivity index (χ1) is 13.5. The molecule has 3 rings (SSSR count). The third-order valence-corrected chi connectivity index (χ3v) is 5.43. The minimum absolute atomic E-state index is 0. The molecular formula is C23H30ClN3O2. The number of aryl methyl sites for hydroxylation is 1. The van der Waals surface area contributed by atoms with Crippen molar-refractivity contribution in [2.24, 2.45) is 5.73 Å². The summed E-state index contributed by atoms with van der Waals surface area (Å²) in [5.74, 6) is -0.162. The van der Waals surface area contributed by atoms with Crippen molar-refractivity contribution in [1.29, 1.82) is 0 Å². The number of halogens is 1. The Morgan fingerprint density at radius 2 is 1.90 bits per heavy atom. The molecule has 1 unspecified atom stereocenters. The largest absolute Gasteiger partial charge is 0.336 e. The van der Waals surface area contributed by atoms with E-state index in [-0.39, 0.29) is 30.3 Å². The van der Waals surface area contributed by atoms with Gasteiger partial charge in [0, 0.05) is 23.8 Å². The van der Waals surface area contributed by atoms with Gasteiger partial charge in [-0.25, -0.2) is 0 Å². The van der Waals surface area contributed by atoms with Crippen molar-refractivity contribution in [3.63, 3.8) is 0 Å². The van der Waals surface area contributed by atoms with E-state index in [4.69, 9.17) is 5.73 Å². The number of hydrogen-bond donors (Lipinski definition) is 2. The summed E-state index contributed by atoms with van der Waals surface area (Å²) in [5.41, 5.74) is 9.30. The third-order valence-electron chi connectivity index (χ3n) is 5.43. The van der Waals surface area contributed by atoms with Crippen LogP contribution in [-0.4, -0.2) is 35.3 Å². The Morgan fingerprint density at radius 1 is 1.17 bits per heavy atom. The second-order valence-electron chi connectivity index (χ2n) is 7.66. The maximum absolute atomic E-state index is 12.8. The first-order valence-electron chi connectivity index (χ1n) is 9.97. The molecular weight excluding hydrogens is 386 g/mol. The minimum atomic E-state index is -0.627. The first kappa shape index (κ1) is 22.9. The highest BCUT2D eigenvalue weighted by Gasteiger charge is 2.24. The normalized spacial score (nSPS) is 17.2. The number of rotatable bonds is 5. The van der Waals surface area contributed by atoms with E-state index in [0.717, 1.165) is 30.5 Å². The van der Waals surface area contributed by atoms with Gasteiger partial charge in [0.1, 0.15) is 0 Å². The molecule has 1 saturated heterocycles. The van der Waals surface area contributed by atoms with E-state index < -0.39 is 6.04 Å². The van der Waals surface area contributed by atoms with Gasteiger partial charge in [-0.1, -0.05) is 30.3 Å². The van der Waals surface area contributed by atoms with Gasteiger partial charge in [0.05, 0.1) is 6.04 Å². The van der Waals surface area contributed by atoms with Gasteiger partial charge >= 0.3 is 0 Å². The molecule has 0 spiro atoms. The lowest BCUT2D eigenvalue weighted by Gasteiger charge is -2.33. The van der Waals surface area contributed by atoms with Crippen LogP contribution in [0.5, 0.6) is 0 Å². The van der Waals surface area contributed by atoms with Crippen molar-refractivity contribution in [1.82, 2.24) is 4.90 Å². The highest BCUT2D eigenvalue weighted by atomic mass is 35.5. The van der Waals surface area contributed by atoms with Crippen LogP contribution in [0.25, 0.3) is 0 Å². The number of amides is 2. The molecule has 2 amide bonds. The van der Waals surface area contributed by atoms with Gasteiger partial charge in [0.2, 0.25) is 5.91 Å². The number of carbonyl (C=O) groups excluding carboxylic acids is 2. The van der Waals surface area contributed by atoms with E-state index in [1.54, 1.807) is 12.1 Å². The maximum atomic E-state index is 12.8. The van der Waals surface area contributed by atoms with E-state index in [1.165, 1.54) is 6.42 Å². The van der Waals surface area contributed by atoms with Crippen LogP contribution in [0.3, 0.4) is 0 Å². The van der Waals surface area contributed by atoms with Gasteiger partial charge in [-0.2, -0.15) is 0 Å². The molecule has 2 aromatic carbocycles. The maximum Gasteiger partial charge on any atom is 0.254 e. The molecule has 1 fully saturated rings. The van der Waals surface area contributed by atoms with Crippen LogP contribution in [-0.2, 0) is 11.2 Å². The standard InChI is InChI=1S/C23H29N3O2.ClH/c1-16-14-19(23(28)26-13-7-6-8-17(26)2)11-12-21(16)25-22(27)20(24)15-18-9-4-3-5-10-18;/h3-5,9-12,14,17,20H,6-8,13,15,24H2,1-2H3,(H,25,27);1H/t17?,20-;/m0./s1. The highest BCUT2D eigenvalue weighted by molar-refractivity contribution is 5.98. The van der Waals surface area contributed by atoms with Crippen molar-refractivity contribution >= 4 is 29.9 Å². The molecule has 2 aromatic rings. The lowest BCUT2D eigenvalue weighted by molar-refractivity contribution is -0.117. The molecule has 0 aromatic heterocycles. The fourth-order valence-corrected chi connectivity index (χ4v) is 3.69. The molecule has 1 aliphatic heterocycles. The smallest absolute Gasteiger partial charge is 0.254 e. The SMILES string of the molecule is Cc1cc(C(=O)N2CCCCC2C)ccc1NC(=O)[C@@H](N)Cc1ccccc1.Cl. The molecule has 0 aliphatic carbocycles. The number of piperidine rings is 1. The molecule has 3 N–H and O–H groups in total. The third kappa shape index (κ3) is 5.81. The van der Waals surface area contributed by atoms with Gasteiger partial charge in [-0.05, 0) is 68.9 Å². The van der Waals surface area contributed by atoms with Crippen molar-refractivity contribution in [2.45, 2.75) is 51.6 Å². The van der Waals surface area contributed by atoms with Crippen molar-refractivity contribution in [3.05, 3.63) is 65.2 Å². The first-order valence-corrected chi connectivity index (χ1v) is 9.97. The quantitative estimate of drug-likeness (QED) is 0.776. The zero-order chi connectivity index (χ0) is 20.1. The molecule has 1 heterocycles. The number of hydrogen-bond acceptors (Lipinski definition) is 3. The summed E-state index contributed by atoms with van der Waals surface area (Å²) in [6.07, 6.45) is 3.77. The van der Waals surface area contributed by atoms with Crippen LogP contribution in [0.15, 0.2) is 48.5 Å². The molecule has 0 saturated carbocycles. The van der Waals surface area contributed by atoms with Crippen molar-refractivity contribution in [3.8, 4) is 0 Å². The fourth-order valence-electron chi connectivity index (χ4n) is 3.69. The number of benzene rings is 2. The van der Waals surface area contributed by atoms with E-state index in [0.29, 0.717) is 17.7 Å². The summed E-state index contributed by atoms with van der Waals surface area (Å²) >= 11 is 0. The van der Waals surface area contributed by atoms with E-state index in [2.05, 4.69) is 12.2 Å². The highest BCUT2D eigenvalue weighted by Crippen LogP contribution is 2.22. The van der Waals surface area contributed by atoms with Crippen molar-refractivity contribution < 1.29 is 9.59 Å². The number of nitrogens with zero attached hydrogens (tertiary/aromatic N) is 1. The number of nitrogens with one attached hydrogen (secondary N) is 1. The van der Waals surface area contributed by atoms with E-state index in [9.17, 15) is 9.59 Å². The molecule has 2 atom stereocenters. The van der Waals surface area contributed by atoms with Crippen LogP contribution in [0, 0.1) is 6.92 Å². The average molecular weight is 416 g/mol. The van der Waals surface area contributed by atoms with Gasteiger partial charge in [0.15, 0.2) is 0 Å². The average Bonchev–Trinajstić information content (AvgIpc) is 2.70. The van der Waals surface area contributed by atoms with Crippen LogP contribution >= 0.6 is 12.4 Å². The van der Waals surface area contributed by atoms with Gasteiger partial charge in [-0.15, -0.1) is 12.4 Å². The number of carbonyl (C=O) groups is 2. The summed E-state index contributed by atoms with van der Waals surface area (Å²) in [4.78, 5) is 27.2. The Morgan fingerprint density at radius 3 is 2.55 bits per heavy atom. The predicted octanol–water partition coefficient (Wildman–Crippen LogP) is 3.94. The molecule has 6 heteroatoms. The second-order valence-corrected chi connectivity index (χ2v) is 7.66. The number of likely N-dealkylation sites (tertiary alicyclic amines) is 1. The lowest BCUT2D eigenvalue weighted by atomic mass is 10.0. The van der Waals surface area contributed by atoms with Crippen LogP contribution in [0.1, 0.15) is 47.7 Å². The Hall–Kier alpha value is -2.37. The number of nitrogens with two attached hydrogens (primary N) is 1. The zero-order valence-electron chi connectivity index (χ0n) is 17.1. The summed E-state index contributed by atoms with van der Waals surface area (Å²) in [6, 6.07) is 14.8. The van der Waals surface area contributed by atoms with Crippen LogP contribution < -0.4 is 11.1 Å². The van der Waals surface area contributed by atoms with E-state index >= 15 is 0 Å². The molecule has 156 valence electrons. The monoisotopic (exact) mass is 415 g/mol. The summed E-state index contributed by atoms with van der Waals surface area (Å²) in [7, 11) is 0. The van der Waals surface area contributed by atoms with Crippen LogP contribution in [0.4, 0.5) is 5.69 Å². The predicted molar refractivity (Wildman–Crippen MR) is 120 cm³/mol. The fraction of sp³-hybridized carbons (Fsp3) is 0.391. The van der Waals surface area contributed by atoms with Crippen LogP contribution in [0.2, 0.25) is 0 Å². The lowest BCUT2D eigenvalue weighted by Crippen LogP contribution is -2.42. The molecule has 0 radical (unpaired) electrons. The van der Waals surface area contributed by atoms with Gasteiger partial charge in [-0.3, -0.25) is 9.59 Å². The van der Waals surface area contributed by atoms with Crippen molar-refractivity contribution in [2.75, 3.05) is 11.9 Å². The Bertz CT molecular complexity index is 841. The summed E-state index contributed by atoms with van der Waals surface area (Å²) in [6.45, 7) is 4.81. The molecule has 29 heavy (non-hydrogen) atoms. The molecule has 1 aliphatic rings. The summed E-state index contributed by atoms with van der Waals surface area (Å²) in [5, 5.41) is 2.90.